The lowest BCUT2D eigenvalue weighted by Gasteiger charge is -2.52. The number of nitrogens with one attached hydrogen (secondary N) is 4. The molecule has 0 spiro atoms. The van der Waals surface area contributed by atoms with Crippen LogP contribution in [-0.4, -0.2) is 308 Å². The topological polar surface area (TPSA) is 720 Å². The number of urea groups is 1. The second kappa shape index (κ2) is 48.9. The molecule has 13 unspecified atom stereocenters. The summed E-state index contributed by atoms with van der Waals surface area (Å²) in [5, 5.41) is 96.3. The molecule has 4 N–H and O–H groups in total. The number of methoxy groups -OCH3 is 6. The molecule has 0 bridgehead atoms. The number of carboxylic acid groups (broad SMARTS) is 2. The van der Waals surface area contributed by atoms with Crippen LogP contribution in [0.4, 0.5) is 4.79 Å². The van der Waals surface area contributed by atoms with Crippen molar-refractivity contribution in [2.75, 3.05) is 74.8 Å². The Bertz CT molecular complexity index is 3330. The minimum Gasteiger partial charge on any atom is -0.726 e. The quantitative estimate of drug-likeness (QED) is 0.00835. The zero-order valence-electron chi connectivity index (χ0n) is 60.5. The van der Waals surface area contributed by atoms with Crippen LogP contribution < -0.4 is 52.5 Å². The van der Waals surface area contributed by atoms with Crippen molar-refractivity contribution in [3.05, 3.63) is 0 Å². The van der Waals surface area contributed by atoms with E-state index in [2.05, 4.69) is 71.3 Å². The van der Waals surface area contributed by atoms with Crippen LogP contribution in [0, 0.1) is 5.92 Å². The van der Waals surface area contributed by atoms with Crippen molar-refractivity contribution in [2.45, 2.75) is 223 Å². The summed E-state index contributed by atoms with van der Waals surface area (Å²) >= 11 is 0.442. The summed E-state index contributed by atoms with van der Waals surface area (Å²) in [7, 11) is -11.1. The summed E-state index contributed by atoms with van der Waals surface area (Å²) in [5.74, 6) is -5.51. The molecule has 7 heterocycles. The number of ether oxygens (including phenoxy) is 15. The van der Waals surface area contributed by atoms with Gasteiger partial charge in [0.25, 0.3) is 0 Å². The van der Waals surface area contributed by atoms with E-state index in [-0.39, 0.29) is 79.7 Å². The number of amides is 4. The molecular formula is C53H79N4O50S8-9. The van der Waals surface area contributed by atoms with Crippen molar-refractivity contribution in [1.82, 2.24) is 21.3 Å². The van der Waals surface area contributed by atoms with Gasteiger partial charge >= 0.3 is 6.03 Å². The largest absolute Gasteiger partial charge is 0.726 e. The van der Waals surface area contributed by atoms with E-state index in [1.165, 1.54) is 14.0 Å². The molecule has 115 heavy (non-hydrogen) atoms. The third kappa shape index (κ3) is 29.5. The highest BCUT2D eigenvalue weighted by Gasteiger charge is 2.61. The van der Waals surface area contributed by atoms with E-state index in [1.807, 2.05) is 0 Å². The molecule has 7 saturated heterocycles. The summed E-state index contributed by atoms with van der Waals surface area (Å²) in [5.41, 5.74) is 0. The number of unbranched alkanes of at least 4 members (excludes halogenated alkanes) is 3. The predicted octanol–water partition coefficient (Wildman–Crippen LogP) is -9.99. The number of hydrogen-bond donors (Lipinski definition) is 4. The molecule has 54 nitrogen and oxygen atoms in total. The van der Waals surface area contributed by atoms with E-state index in [0.717, 1.165) is 54.1 Å². The fourth-order valence-corrected chi connectivity index (χ4v) is 17.2. The molecule has 0 aromatic rings. The Hall–Kier alpha value is -2.73. The van der Waals surface area contributed by atoms with Crippen LogP contribution in [0.15, 0.2) is 0 Å². The van der Waals surface area contributed by atoms with Crippen LogP contribution >= 0.6 is 61.1 Å². The molecule has 4 amide bonds. The zero-order valence-corrected chi connectivity index (χ0v) is 67.1. The maximum absolute atomic E-state index is 13.9. The summed E-state index contributed by atoms with van der Waals surface area (Å²) < 4.78 is 249. The Morgan fingerprint density at radius 1 is 0.470 bits per heavy atom. The highest BCUT2D eigenvalue weighted by Crippen LogP contribution is 2.43. The fraction of sp³-hybridized carbons (Fsp3) is 0.906. The monoisotopic (exact) mass is 1830 g/mol. The predicted molar refractivity (Wildman–Crippen MR) is 346 cm³/mol. The van der Waals surface area contributed by atoms with E-state index in [0.29, 0.717) is 19.3 Å². The average Bonchev–Trinajstić information content (AvgIpc) is 1.42. The number of carbonyl (C=O) groups excluding carboxylic acids is 5. The van der Waals surface area contributed by atoms with Gasteiger partial charge in [0.05, 0.1) is 56.1 Å². The van der Waals surface area contributed by atoms with Gasteiger partial charge in [-0.05, 0) is 25.7 Å². The lowest BCUT2D eigenvalue weighted by Crippen LogP contribution is -2.70. The maximum atomic E-state index is 13.9. The number of aliphatic carboxylic acids is 2. The van der Waals surface area contributed by atoms with Gasteiger partial charge < -0.3 is 147 Å². The number of hydrogen-bond acceptors (Lipinski definition) is 55. The first-order chi connectivity index (χ1) is 54.8. The van der Waals surface area contributed by atoms with Crippen molar-refractivity contribution >= 4 is 122 Å². The second-order valence-corrected chi connectivity index (χ2v) is 31.2. The molecule has 7 fully saturated rings. The molecule has 0 saturated carbocycles. The van der Waals surface area contributed by atoms with Gasteiger partial charge in [0.1, 0.15) is 91.5 Å². The van der Waals surface area contributed by atoms with E-state index >= 15 is 0 Å². The van der Waals surface area contributed by atoms with E-state index in [4.69, 9.17) is 87.8 Å². The summed E-state index contributed by atoms with van der Waals surface area (Å²) in [6.07, 6.45) is -45.1. The molecule has 0 aliphatic carbocycles. The van der Waals surface area contributed by atoms with Crippen molar-refractivity contribution in [3.8, 4) is 0 Å². The van der Waals surface area contributed by atoms with Crippen LogP contribution in [-0.2, 0) is 188 Å². The van der Waals surface area contributed by atoms with E-state index < -0.39 is 247 Å². The molecule has 7 aliphatic heterocycles. The number of carbonyl (C=O) groups is 5. The van der Waals surface area contributed by atoms with Gasteiger partial charge in [-0.15, -0.1) is 17.3 Å². The molecular weight excluding hydrogens is 1750 g/mol. The van der Waals surface area contributed by atoms with Gasteiger partial charge in [-0.3, -0.25) is 59.0 Å². The fourth-order valence-electron chi connectivity index (χ4n) is 13.3. The third-order valence-electron chi connectivity index (χ3n) is 18.2. The van der Waals surface area contributed by atoms with Crippen LogP contribution in [0.5, 0.6) is 0 Å². The lowest BCUT2D eigenvalue weighted by molar-refractivity contribution is -0.778. The average molecular weight is 1830 g/mol. The standard InChI is InChI=1S/C53H88N4O50S8/c1-21-23(17-84-113(69,70)71)87-48(30(31(21)78-2)56-28(59)15-9-8-12-16-54-27(58)14-11-10-13-26-29-22(20-108-26)55-53(64)57-29)92-36-34(79-3)42(81-5)50(94-40(36)46(60)61)91-33-25(19-86-115(75,76)77)89-52(45(99-112-107-103-68)39(33)97-110-105-101-66)93-37-35(80-4)43(82-6)51(95-41(37)47(62)63)90-32-24(18-85-114(72,73)74)88-49(83-7)44(98-111-106-102-67)38(32)96-109-104-100-65/h21-26,29-45,48-52,65-68H,8-20H2,1-7H3,(H,54,58)(H,56,59)(H,60,61)(H,62,63)(H2,55,57,64)(H,69,70,71)(H,72,73,74)(H,75,76,77)/p-9/t21-,22?,23?,24?,25+,26?,29?,30?,31-,32-,33+,34-,35?,36+,37-,38-,39?,40?,41+,42?,43?,44?,45?,48-,49+,50+,51-,52+/m0/s1. The van der Waals surface area contributed by atoms with Gasteiger partial charge in [0.15, 0.2) is 93.0 Å². The van der Waals surface area contributed by atoms with Crippen molar-refractivity contribution < 1.29 is 232 Å². The minimum atomic E-state index is -5.88. The highest BCUT2D eigenvalue weighted by molar-refractivity contribution is 8.00. The van der Waals surface area contributed by atoms with Gasteiger partial charge in [-0.25, -0.2) is 30.0 Å². The number of rotatable bonds is 53. The molecule has 7 rings (SSSR count). The van der Waals surface area contributed by atoms with E-state index in [9.17, 15) is 94.1 Å². The van der Waals surface area contributed by atoms with Crippen molar-refractivity contribution in [3.63, 3.8) is 0 Å². The Morgan fingerprint density at radius 2 is 0.878 bits per heavy atom. The second-order valence-electron chi connectivity index (χ2n) is 24.9. The number of thioether (sulfide) groups is 1. The molecule has 668 valence electrons. The number of fused-ring (bicyclic) bond motifs is 1. The molecule has 0 aromatic carbocycles. The zero-order chi connectivity index (χ0) is 84.3. The highest BCUT2D eigenvalue weighted by atomic mass is 32.3. The smallest absolute Gasteiger partial charge is 0.315 e. The van der Waals surface area contributed by atoms with Crippen LogP contribution in [0.25, 0.3) is 0 Å². The van der Waals surface area contributed by atoms with E-state index in [1.54, 1.807) is 11.8 Å². The van der Waals surface area contributed by atoms with Crippen LogP contribution in [0.2, 0.25) is 0 Å². The van der Waals surface area contributed by atoms with Crippen molar-refractivity contribution in [1.29, 1.82) is 0 Å². The Labute approximate surface area is 675 Å². The van der Waals surface area contributed by atoms with Crippen molar-refractivity contribution in [2.24, 2.45) is 5.92 Å². The lowest BCUT2D eigenvalue weighted by atomic mass is 9.88. The van der Waals surface area contributed by atoms with Crippen LogP contribution in [0.3, 0.4) is 0 Å². The first-order valence-corrected chi connectivity index (χ1v) is 41.2. The van der Waals surface area contributed by atoms with Gasteiger partial charge in [-0.1, -0.05) is 19.8 Å². The molecule has 7 aliphatic rings. The van der Waals surface area contributed by atoms with Gasteiger partial charge in [0.2, 0.25) is 43.0 Å². The third-order valence-corrected chi connectivity index (χ3v) is 22.7. The molecule has 0 radical (unpaired) electrons. The molecule has 28 atom stereocenters. The Balaban J connectivity index is 1.15. The maximum Gasteiger partial charge on any atom is 0.315 e. The normalized spacial score (nSPS) is 35.2. The Kier molecular flexibility index (Phi) is 42.3. The molecule has 62 heteroatoms. The van der Waals surface area contributed by atoms with Crippen LogP contribution in [0.1, 0.15) is 58.3 Å². The summed E-state index contributed by atoms with van der Waals surface area (Å²) in [6, 6.07) is -1.58. The number of carboxylic acids is 2. The first-order valence-electron chi connectivity index (χ1n) is 33.5. The van der Waals surface area contributed by atoms with Gasteiger partial charge in [-0.2, -0.15) is 11.8 Å². The Morgan fingerprint density at radius 3 is 1.33 bits per heavy atom. The summed E-state index contributed by atoms with van der Waals surface area (Å²) in [4.78, 5) is 65.4. The summed E-state index contributed by atoms with van der Waals surface area (Å²) in [6.45, 7) is -2.18. The first kappa shape index (κ1) is 99.4. The minimum absolute atomic E-state index is 0.0351. The van der Waals surface area contributed by atoms with Gasteiger partial charge in [0, 0.05) is 79.0 Å². The molecule has 0 aromatic heterocycles. The SMILES string of the molecule is COC1C(OC)[C@H](O[C@H]2O[C@H](COS(=O)(=O)[O-])[C@@H](O[C@@H]3OC(C(=O)[O-])[C@H](O[C@@H]4OC(COS(=O)(=O)[O-])[C@H](C)[C@H](OC)C4NC(=O)CCCCCNC(=O)CCCCC4SCC5NC(=O)NC54)[C@H](OC)C3OC)C(OSOO[O-])C2OSOO[O-])[C@H](C(=O)[O-])O[C@@H]1O[C@H]1C(COS(=O)(=O)[O-])O[C@@H](OC)C(OSOO[O-])[C@H]1OSOO[O-].